The van der Waals surface area contributed by atoms with Crippen molar-refractivity contribution in [2.24, 2.45) is 0 Å². The molecule has 0 radical (unpaired) electrons. The molecule has 0 aliphatic carbocycles. The molecule has 0 aliphatic rings. The van der Waals surface area contributed by atoms with E-state index in [1.54, 1.807) is 6.92 Å². The number of alkyl halides is 2. The predicted octanol–water partition coefficient (Wildman–Crippen LogP) is 2.65. The Balaban J connectivity index is 2.44. The number of aryl methyl sites for hydroxylation is 1. The average Bonchev–Trinajstić information content (AvgIpc) is 2.64. The van der Waals surface area contributed by atoms with Crippen LogP contribution in [-0.4, -0.2) is 15.0 Å². The SMILES string of the molecule is Cc1cn(-c2ccc(C(F)F)cc2F)nn1. The Kier molecular flexibility index (Phi) is 2.64. The van der Waals surface area contributed by atoms with Gasteiger partial charge in [0.05, 0.1) is 11.9 Å². The first kappa shape index (κ1) is 10.7. The molecule has 3 nitrogen and oxygen atoms in total. The van der Waals surface area contributed by atoms with Crippen LogP contribution in [0.1, 0.15) is 17.7 Å². The smallest absolute Gasteiger partial charge is 0.218 e. The van der Waals surface area contributed by atoms with Crippen molar-refractivity contribution in [1.29, 1.82) is 0 Å². The molecule has 0 spiro atoms. The molecule has 0 N–H and O–H groups in total. The summed E-state index contributed by atoms with van der Waals surface area (Å²) in [5.41, 5.74) is 0.375. The van der Waals surface area contributed by atoms with Crippen LogP contribution in [0.4, 0.5) is 13.2 Å². The highest BCUT2D eigenvalue weighted by atomic mass is 19.3. The van der Waals surface area contributed by atoms with Crippen molar-refractivity contribution in [2.45, 2.75) is 13.3 Å². The van der Waals surface area contributed by atoms with E-state index in [1.165, 1.54) is 23.0 Å². The summed E-state index contributed by atoms with van der Waals surface area (Å²) in [4.78, 5) is 0. The van der Waals surface area contributed by atoms with Gasteiger partial charge in [0.2, 0.25) is 0 Å². The average molecular weight is 227 g/mol. The molecular weight excluding hydrogens is 219 g/mol. The maximum atomic E-state index is 13.5. The second kappa shape index (κ2) is 3.96. The molecule has 2 rings (SSSR count). The normalized spacial score (nSPS) is 11.1. The molecule has 0 saturated carbocycles. The summed E-state index contributed by atoms with van der Waals surface area (Å²) in [7, 11) is 0. The van der Waals surface area contributed by atoms with Gasteiger partial charge in [0.1, 0.15) is 11.5 Å². The zero-order chi connectivity index (χ0) is 11.7. The van der Waals surface area contributed by atoms with Crippen LogP contribution in [-0.2, 0) is 0 Å². The van der Waals surface area contributed by atoms with Crippen LogP contribution in [0.25, 0.3) is 5.69 Å². The third-order valence-electron chi connectivity index (χ3n) is 2.08. The lowest BCUT2D eigenvalue weighted by Crippen LogP contribution is -1.99. The van der Waals surface area contributed by atoms with E-state index < -0.39 is 12.2 Å². The van der Waals surface area contributed by atoms with Gasteiger partial charge in [0.25, 0.3) is 6.43 Å². The lowest BCUT2D eigenvalue weighted by molar-refractivity contribution is 0.151. The minimum absolute atomic E-state index is 0.102. The van der Waals surface area contributed by atoms with Gasteiger partial charge < -0.3 is 0 Å². The van der Waals surface area contributed by atoms with Gasteiger partial charge >= 0.3 is 0 Å². The lowest BCUT2D eigenvalue weighted by atomic mass is 10.2. The molecule has 2 aromatic rings. The van der Waals surface area contributed by atoms with E-state index in [0.29, 0.717) is 5.69 Å². The number of hydrogen-bond acceptors (Lipinski definition) is 2. The van der Waals surface area contributed by atoms with Crippen molar-refractivity contribution < 1.29 is 13.2 Å². The van der Waals surface area contributed by atoms with Crippen molar-refractivity contribution in [2.75, 3.05) is 0 Å². The van der Waals surface area contributed by atoms with Gasteiger partial charge in [-0.3, -0.25) is 0 Å². The second-order valence-electron chi connectivity index (χ2n) is 3.32. The Hall–Kier alpha value is -1.85. The zero-order valence-corrected chi connectivity index (χ0v) is 8.36. The van der Waals surface area contributed by atoms with Crippen molar-refractivity contribution in [3.05, 3.63) is 41.5 Å². The fraction of sp³-hybridized carbons (Fsp3) is 0.200. The molecule has 0 bridgehead atoms. The van der Waals surface area contributed by atoms with Crippen LogP contribution in [0.5, 0.6) is 0 Å². The van der Waals surface area contributed by atoms with Crippen molar-refractivity contribution in [3.63, 3.8) is 0 Å². The first-order valence-electron chi connectivity index (χ1n) is 4.55. The summed E-state index contributed by atoms with van der Waals surface area (Å²) < 4.78 is 39.3. The Labute approximate surface area is 89.5 Å². The molecule has 0 unspecified atom stereocenters. The number of rotatable bonds is 2. The van der Waals surface area contributed by atoms with Gasteiger partial charge in [-0.25, -0.2) is 17.9 Å². The van der Waals surface area contributed by atoms with E-state index >= 15 is 0 Å². The van der Waals surface area contributed by atoms with E-state index in [9.17, 15) is 13.2 Å². The van der Waals surface area contributed by atoms with Crippen LogP contribution >= 0.6 is 0 Å². The molecule has 0 saturated heterocycles. The fourth-order valence-electron chi connectivity index (χ4n) is 1.31. The van der Waals surface area contributed by atoms with Crippen LogP contribution in [0.15, 0.2) is 24.4 Å². The van der Waals surface area contributed by atoms with Crippen molar-refractivity contribution in [3.8, 4) is 5.69 Å². The highest BCUT2D eigenvalue weighted by molar-refractivity contribution is 5.36. The van der Waals surface area contributed by atoms with Crippen LogP contribution in [0.3, 0.4) is 0 Å². The molecule has 0 fully saturated rings. The van der Waals surface area contributed by atoms with Gasteiger partial charge in [0.15, 0.2) is 0 Å². The standard InChI is InChI=1S/C10H8F3N3/c1-6-5-16(15-14-6)9-3-2-7(10(12)13)4-8(9)11/h2-5,10H,1H3. The number of benzene rings is 1. The lowest BCUT2D eigenvalue weighted by Gasteiger charge is -2.04. The zero-order valence-electron chi connectivity index (χ0n) is 8.36. The summed E-state index contributed by atoms with van der Waals surface area (Å²) >= 11 is 0. The summed E-state index contributed by atoms with van der Waals surface area (Å²) in [5, 5.41) is 7.35. The van der Waals surface area contributed by atoms with Gasteiger partial charge in [0, 0.05) is 5.56 Å². The molecule has 0 atom stereocenters. The minimum Gasteiger partial charge on any atom is -0.218 e. The molecule has 1 aromatic heterocycles. The molecule has 1 aromatic carbocycles. The number of nitrogens with zero attached hydrogens (tertiary/aromatic N) is 3. The molecule has 6 heteroatoms. The third kappa shape index (κ3) is 1.91. The molecule has 0 aliphatic heterocycles. The molecule has 1 heterocycles. The maximum absolute atomic E-state index is 13.5. The van der Waals surface area contributed by atoms with Crippen molar-refractivity contribution in [1.82, 2.24) is 15.0 Å². The Morgan fingerprint density at radius 1 is 1.31 bits per heavy atom. The highest BCUT2D eigenvalue weighted by Crippen LogP contribution is 2.22. The molecule has 16 heavy (non-hydrogen) atoms. The predicted molar refractivity (Wildman–Crippen MR) is 51.0 cm³/mol. The Morgan fingerprint density at radius 3 is 2.56 bits per heavy atom. The van der Waals surface area contributed by atoms with Crippen LogP contribution < -0.4 is 0 Å². The van der Waals surface area contributed by atoms with Gasteiger partial charge in [-0.15, -0.1) is 5.10 Å². The van der Waals surface area contributed by atoms with E-state index in [0.717, 1.165) is 6.07 Å². The molecular formula is C10H8F3N3. The summed E-state index contributed by atoms with van der Waals surface area (Å²) in [6.07, 6.45) is -1.17. The molecule has 84 valence electrons. The quantitative estimate of drug-likeness (QED) is 0.789. The number of halogens is 3. The number of hydrogen-bond donors (Lipinski definition) is 0. The third-order valence-corrected chi connectivity index (χ3v) is 2.08. The van der Waals surface area contributed by atoms with Gasteiger partial charge in [-0.2, -0.15) is 0 Å². The summed E-state index contributed by atoms with van der Waals surface area (Å²) in [6, 6.07) is 3.22. The minimum atomic E-state index is -2.68. The van der Waals surface area contributed by atoms with Crippen molar-refractivity contribution >= 4 is 0 Å². The summed E-state index contributed by atoms with van der Waals surface area (Å²) in [6.45, 7) is 1.70. The van der Waals surface area contributed by atoms with Crippen LogP contribution in [0, 0.1) is 12.7 Å². The topological polar surface area (TPSA) is 30.7 Å². The first-order valence-corrected chi connectivity index (χ1v) is 4.55. The Morgan fingerprint density at radius 2 is 2.06 bits per heavy atom. The first-order chi connectivity index (χ1) is 7.58. The Bertz CT molecular complexity index is 508. The van der Waals surface area contributed by atoms with E-state index in [4.69, 9.17) is 0 Å². The van der Waals surface area contributed by atoms with Gasteiger partial charge in [-0.1, -0.05) is 11.3 Å². The summed E-state index contributed by atoms with van der Waals surface area (Å²) in [5.74, 6) is -0.747. The maximum Gasteiger partial charge on any atom is 0.263 e. The largest absolute Gasteiger partial charge is 0.263 e. The van der Waals surface area contributed by atoms with E-state index in [2.05, 4.69) is 10.3 Å². The fourth-order valence-corrected chi connectivity index (χ4v) is 1.31. The monoisotopic (exact) mass is 227 g/mol. The molecule has 0 amide bonds. The second-order valence-corrected chi connectivity index (χ2v) is 3.32. The van der Waals surface area contributed by atoms with Gasteiger partial charge in [-0.05, 0) is 19.1 Å². The van der Waals surface area contributed by atoms with E-state index in [1.807, 2.05) is 0 Å². The van der Waals surface area contributed by atoms with Crippen LogP contribution in [0.2, 0.25) is 0 Å². The number of aromatic nitrogens is 3. The highest BCUT2D eigenvalue weighted by Gasteiger charge is 2.12. The van der Waals surface area contributed by atoms with E-state index in [-0.39, 0.29) is 11.3 Å².